The van der Waals surface area contributed by atoms with Crippen molar-refractivity contribution in [2.75, 3.05) is 20.1 Å². The van der Waals surface area contributed by atoms with Gasteiger partial charge in [-0.2, -0.15) is 17.8 Å². The standard InChI is InChI=1S/C10H18N4O4S/c1-13(9-4-10(15)16)19(17,18)12-6-3-8-14-7-2-5-11-14/h2,5,7,12H,3-4,6,8-9H2,1H3,(H,15,16). The van der Waals surface area contributed by atoms with E-state index in [9.17, 15) is 13.2 Å². The zero-order valence-corrected chi connectivity index (χ0v) is 11.5. The molecular weight excluding hydrogens is 272 g/mol. The normalized spacial score (nSPS) is 11.9. The number of hydrogen-bond acceptors (Lipinski definition) is 4. The van der Waals surface area contributed by atoms with E-state index in [1.165, 1.54) is 7.05 Å². The van der Waals surface area contributed by atoms with Crippen LogP contribution in [-0.4, -0.2) is 53.7 Å². The minimum Gasteiger partial charge on any atom is -0.481 e. The van der Waals surface area contributed by atoms with Crippen LogP contribution in [0.4, 0.5) is 0 Å². The fraction of sp³-hybridized carbons (Fsp3) is 0.600. The topological polar surface area (TPSA) is 105 Å². The minimum atomic E-state index is -3.61. The Kier molecular flexibility index (Phi) is 5.93. The lowest BCUT2D eigenvalue weighted by atomic mass is 10.4. The first-order valence-electron chi connectivity index (χ1n) is 5.82. The Balaban J connectivity index is 2.27. The van der Waals surface area contributed by atoms with E-state index in [2.05, 4.69) is 9.82 Å². The van der Waals surface area contributed by atoms with Crippen molar-refractivity contribution in [2.45, 2.75) is 19.4 Å². The summed E-state index contributed by atoms with van der Waals surface area (Å²) in [6.07, 6.45) is 3.84. The fourth-order valence-corrected chi connectivity index (χ4v) is 2.31. The molecule has 0 saturated heterocycles. The molecule has 9 heteroatoms. The second-order valence-corrected chi connectivity index (χ2v) is 5.85. The van der Waals surface area contributed by atoms with Crippen LogP contribution in [0.1, 0.15) is 12.8 Å². The van der Waals surface area contributed by atoms with E-state index in [-0.39, 0.29) is 19.5 Å². The highest BCUT2D eigenvalue weighted by atomic mass is 32.2. The van der Waals surface area contributed by atoms with Crippen LogP contribution in [0, 0.1) is 0 Å². The molecule has 0 aromatic carbocycles. The van der Waals surface area contributed by atoms with Gasteiger partial charge in [0, 0.05) is 39.1 Å². The Morgan fingerprint density at radius 2 is 2.26 bits per heavy atom. The Morgan fingerprint density at radius 3 is 2.84 bits per heavy atom. The van der Waals surface area contributed by atoms with E-state index < -0.39 is 16.2 Å². The zero-order chi connectivity index (χ0) is 14.3. The summed E-state index contributed by atoms with van der Waals surface area (Å²) in [5, 5.41) is 12.5. The number of nitrogens with one attached hydrogen (secondary N) is 1. The summed E-state index contributed by atoms with van der Waals surface area (Å²) in [5.41, 5.74) is 0. The van der Waals surface area contributed by atoms with Gasteiger partial charge in [-0.15, -0.1) is 0 Å². The smallest absolute Gasteiger partial charge is 0.304 e. The summed E-state index contributed by atoms with van der Waals surface area (Å²) in [5.74, 6) is -1.03. The van der Waals surface area contributed by atoms with E-state index in [1.807, 2.05) is 0 Å². The number of carboxylic acid groups (broad SMARTS) is 1. The van der Waals surface area contributed by atoms with Crippen molar-refractivity contribution in [2.24, 2.45) is 0 Å². The predicted octanol–water partition coefficient (Wildman–Crippen LogP) is -0.486. The van der Waals surface area contributed by atoms with Crippen molar-refractivity contribution < 1.29 is 18.3 Å². The first kappa shape index (κ1) is 15.6. The molecule has 19 heavy (non-hydrogen) atoms. The number of rotatable bonds is 9. The highest BCUT2D eigenvalue weighted by Crippen LogP contribution is 1.97. The summed E-state index contributed by atoms with van der Waals surface area (Å²) in [6, 6.07) is 1.80. The third-order valence-electron chi connectivity index (χ3n) is 2.46. The molecule has 0 spiro atoms. The zero-order valence-electron chi connectivity index (χ0n) is 10.7. The van der Waals surface area contributed by atoms with Crippen LogP contribution in [0.25, 0.3) is 0 Å². The third kappa shape index (κ3) is 5.81. The van der Waals surface area contributed by atoms with Crippen LogP contribution in [0.3, 0.4) is 0 Å². The number of nitrogens with zero attached hydrogens (tertiary/aromatic N) is 3. The maximum absolute atomic E-state index is 11.7. The number of carboxylic acids is 1. The van der Waals surface area contributed by atoms with Gasteiger partial charge in [0.1, 0.15) is 0 Å². The van der Waals surface area contributed by atoms with Crippen LogP contribution in [0.5, 0.6) is 0 Å². The van der Waals surface area contributed by atoms with Gasteiger partial charge in [0.15, 0.2) is 0 Å². The van der Waals surface area contributed by atoms with Crippen LogP contribution in [0.15, 0.2) is 18.5 Å². The lowest BCUT2D eigenvalue weighted by molar-refractivity contribution is -0.137. The van der Waals surface area contributed by atoms with Crippen LogP contribution < -0.4 is 4.72 Å². The summed E-state index contributed by atoms with van der Waals surface area (Å²) in [4.78, 5) is 10.4. The quantitative estimate of drug-likeness (QED) is 0.597. The molecule has 0 radical (unpaired) electrons. The summed E-state index contributed by atoms with van der Waals surface area (Å²) < 4.78 is 28.5. The van der Waals surface area contributed by atoms with E-state index in [0.29, 0.717) is 13.0 Å². The van der Waals surface area contributed by atoms with Crippen molar-refractivity contribution in [3.63, 3.8) is 0 Å². The molecule has 0 saturated carbocycles. The molecule has 108 valence electrons. The SMILES string of the molecule is CN(CCC(=O)O)S(=O)(=O)NCCCn1cccn1. The second-order valence-electron chi connectivity index (χ2n) is 3.99. The summed E-state index contributed by atoms with van der Waals surface area (Å²) >= 11 is 0. The van der Waals surface area contributed by atoms with Gasteiger partial charge in [-0.3, -0.25) is 9.48 Å². The fourth-order valence-electron chi connectivity index (χ4n) is 1.36. The van der Waals surface area contributed by atoms with Gasteiger partial charge in [-0.1, -0.05) is 0 Å². The minimum absolute atomic E-state index is 0.0518. The maximum Gasteiger partial charge on any atom is 0.304 e. The molecule has 0 aliphatic heterocycles. The molecule has 1 aromatic rings. The first-order chi connectivity index (χ1) is 8.92. The molecular formula is C10H18N4O4S. The van der Waals surface area contributed by atoms with Gasteiger partial charge in [-0.05, 0) is 12.5 Å². The molecule has 0 amide bonds. The lowest BCUT2D eigenvalue weighted by Crippen LogP contribution is -2.39. The number of aliphatic carboxylic acids is 1. The average Bonchev–Trinajstić information content (AvgIpc) is 2.84. The van der Waals surface area contributed by atoms with E-state index in [1.54, 1.807) is 23.1 Å². The van der Waals surface area contributed by atoms with Crippen molar-refractivity contribution in [1.82, 2.24) is 18.8 Å². The number of hydrogen-bond donors (Lipinski definition) is 2. The van der Waals surface area contributed by atoms with Gasteiger partial charge in [0.2, 0.25) is 0 Å². The van der Waals surface area contributed by atoms with Gasteiger partial charge >= 0.3 is 5.97 Å². The molecule has 0 bridgehead atoms. The Bertz CT molecular complexity index is 486. The van der Waals surface area contributed by atoms with Crippen molar-refractivity contribution >= 4 is 16.2 Å². The van der Waals surface area contributed by atoms with E-state index in [0.717, 1.165) is 4.31 Å². The molecule has 0 aliphatic rings. The largest absolute Gasteiger partial charge is 0.481 e. The van der Waals surface area contributed by atoms with Crippen LogP contribution in [0.2, 0.25) is 0 Å². The third-order valence-corrected chi connectivity index (χ3v) is 4.03. The summed E-state index contributed by atoms with van der Waals surface area (Å²) in [6.45, 7) is 0.845. The highest BCUT2D eigenvalue weighted by Gasteiger charge is 2.17. The predicted molar refractivity (Wildman–Crippen MR) is 68.6 cm³/mol. The molecule has 1 rings (SSSR count). The second kappa shape index (κ2) is 7.22. The van der Waals surface area contributed by atoms with Crippen molar-refractivity contribution in [1.29, 1.82) is 0 Å². The first-order valence-corrected chi connectivity index (χ1v) is 7.26. The lowest BCUT2D eigenvalue weighted by Gasteiger charge is -2.16. The molecule has 0 fully saturated rings. The van der Waals surface area contributed by atoms with Gasteiger partial charge in [0.25, 0.3) is 10.2 Å². The molecule has 0 aliphatic carbocycles. The average molecular weight is 290 g/mol. The van der Waals surface area contributed by atoms with Crippen molar-refractivity contribution in [3.8, 4) is 0 Å². The van der Waals surface area contributed by atoms with Gasteiger partial charge in [0.05, 0.1) is 6.42 Å². The van der Waals surface area contributed by atoms with Crippen LogP contribution in [-0.2, 0) is 21.5 Å². The Morgan fingerprint density at radius 1 is 1.53 bits per heavy atom. The highest BCUT2D eigenvalue weighted by molar-refractivity contribution is 7.87. The maximum atomic E-state index is 11.7. The number of aryl methyl sites for hydroxylation is 1. The number of aromatic nitrogens is 2. The van der Waals surface area contributed by atoms with Gasteiger partial charge in [-0.25, -0.2) is 4.72 Å². The van der Waals surface area contributed by atoms with E-state index in [4.69, 9.17) is 5.11 Å². The van der Waals surface area contributed by atoms with E-state index >= 15 is 0 Å². The van der Waals surface area contributed by atoms with Gasteiger partial charge < -0.3 is 5.11 Å². The number of carbonyl (C=O) groups is 1. The molecule has 0 unspecified atom stereocenters. The Labute approximate surface area is 112 Å². The molecule has 2 N–H and O–H groups in total. The summed E-state index contributed by atoms with van der Waals surface area (Å²) in [7, 11) is -2.26. The Hall–Kier alpha value is -1.45. The van der Waals surface area contributed by atoms with Crippen LogP contribution >= 0.6 is 0 Å². The molecule has 0 atom stereocenters. The molecule has 8 nitrogen and oxygen atoms in total. The molecule has 1 heterocycles. The molecule has 1 aromatic heterocycles. The van der Waals surface area contributed by atoms with Crippen molar-refractivity contribution in [3.05, 3.63) is 18.5 Å². The monoisotopic (exact) mass is 290 g/mol.